The van der Waals surface area contributed by atoms with Gasteiger partial charge in [0.15, 0.2) is 0 Å². The van der Waals surface area contributed by atoms with Crippen molar-refractivity contribution in [2.75, 3.05) is 0 Å². The maximum atomic E-state index is 12.6. The van der Waals surface area contributed by atoms with E-state index in [-0.39, 0.29) is 0 Å². The summed E-state index contributed by atoms with van der Waals surface area (Å²) in [6, 6.07) is 9.04. The smallest absolute Gasteiger partial charge is 0.278 e. The molecule has 4 nitrogen and oxygen atoms in total. The third kappa shape index (κ3) is 2.46. The van der Waals surface area contributed by atoms with Crippen LogP contribution in [0, 0.1) is 0 Å². The van der Waals surface area contributed by atoms with E-state index in [1.807, 2.05) is 18.2 Å². The Kier molecular flexibility index (Phi) is 2.74. The predicted molar refractivity (Wildman–Crippen MR) is 57.8 cm³/mol. The van der Waals surface area contributed by atoms with Gasteiger partial charge in [0.2, 0.25) is 0 Å². The van der Waals surface area contributed by atoms with E-state index >= 15 is 0 Å². The SMILES string of the molecule is O=S(=O)(F)Cc1cn[nH]c1-c1ccccc1. The Hall–Kier alpha value is -1.69. The van der Waals surface area contributed by atoms with Crippen molar-refractivity contribution in [2.24, 2.45) is 0 Å². The van der Waals surface area contributed by atoms with E-state index in [9.17, 15) is 12.3 Å². The number of aromatic nitrogens is 2. The van der Waals surface area contributed by atoms with Crippen LogP contribution >= 0.6 is 0 Å². The number of benzene rings is 1. The van der Waals surface area contributed by atoms with Crippen molar-refractivity contribution in [3.8, 4) is 11.3 Å². The van der Waals surface area contributed by atoms with Crippen molar-refractivity contribution in [2.45, 2.75) is 5.75 Å². The molecule has 0 saturated carbocycles. The Morgan fingerprint density at radius 3 is 2.56 bits per heavy atom. The number of nitrogens with one attached hydrogen (secondary N) is 1. The van der Waals surface area contributed by atoms with E-state index in [4.69, 9.17) is 0 Å². The average molecular weight is 240 g/mol. The lowest BCUT2D eigenvalue weighted by Crippen LogP contribution is -1.96. The number of hydrogen-bond acceptors (Lipinski definition) is 3. The van der Waals surface area contributed by atoms with Crippen molar-refractivity contribution >= 4 is 10.2 Å². The summed E-state index contributed by atoms with van der Waals surface area (Å²) in [6.45, 7) is 0. The van der Waals surface area contributed by atoms with Crippen LogP contribution in [0.4, 0.5) is 3.89 Å². The zero-order chi connectivity index (χ0) is 11.6. The lowest BCUT2D eigenvalue weighted by Gasteiger charge is -2.00. The molecule has 84 valence electrons. The number of aromatic amines is 1. The first-order valence-corrected chi connectivity index (χ1v) is 6.11. The second-order valence-corrected chi connectivity index (χ2v) is 4.69. The Labute approximate surface area is 92.3 Å². The topological polar surface area (TPSA) is 62.8 Å². The molecule has 1 aromatic heterocycles. The van der Waals surface area contributed by atoms with Gasteiger partial charge in [-0.25, -0.2) is 0 Å². The van der Waals surface area contributed by atoms with Gasteiger partial charge in [0.25, 0.3) is 0 Å². The summed E-state index contributed by atoms with van der Waals surface area (Å²) in [5.41, 5.74) is 1.63. The van der Waals surface area contributed by atoms with Crippen molar-refractivity contribution in [3.63, 3.8) is 0 Å². The second kappa shape index (κ2) is 4.05. The number of nitrogens with zero attached hydrogens (tertiary/aromatic N) is 1. The number of hydrogen-bond donors (Lipinski definition) is 1. The van der Waals surface area contributed by atoms with Crippen LogP contribution in [-0.2, 0) is 16.0 Å². The van der Waals surface area contributed by atoms with E-state index in [1.54, 1.807) is 12.1 Å². The van der Waals surface area contributed by atoms with Crippen LogP contribution in [-0.4, -0.2) is 18.6 Å². The molecule has 0 unspecified atom stereocenters. The molecule has 1 aromatic carbocycles. The number of H-pyrrole nitrogens is 1. The molecule has 0 saturated heterocycles. The van der Waals surface area contributed by atoms with Gasteiger partial charge in [-0.2, -0.15) is 13.5 Å². The highest BCUT2D eigenvalue weighted by Gasteiger charge is 2.15. The fourth-order valence-electron chi connectivity index (χ4n) is 1.46. The van der Waals surface area contributed by atoms with Crippen molar-refractivity contribution in [1.82, 2.24) is 10.2 Å². The first kappa shape index (κ1) is 10.8. The molecule has 0 atom stereocenters. The normalized spacial score (nSPS) is 11.6. The number of halogens is 1. The van der Waals surface area contributed by atoms with Crippen LogP contribution in [0.1, 0.15) is 5.56 Å². The van der Waals surface area contributed by atoms with Gasteiger partial charge in [-0.05, 0) is 5.56 Å². The molecule has 0 radical (unpaired) electrons. The Morgan fingerprint density at radius 2 is 1.94 bits per heavy atom. The van der Waals surface area contributed by atoms with Crippen molar-refractivity contribution in [1.29, 1.82) is 0 Å². The zero-order valence-corrected chi connectivity index (χ0v) is 9.04. The minimum Gasteiger partial charge on any atom is -0.278 e. The second-order valence-electron chi connectivity index (χ2n) is 3.32. The van der Waals surface area contributed by atoms with Crippen LogP contribution in [0.25, 0.3) is 11.3 Å². The van der Waals surface area contributed by atoms with Crippen molar-refractivity contribution in [3.05, 3.63) is 42.1 Å². The molecule has 6 heteroatoms. The minimum atomic E-state index is -4.54. The van der Waals surface area contributed by atoms with Gasteiger partial charge in [-0.1, -0.05) is 30.3 Å². The molecular weight excluding hydrogens is 231 g/mol. The van der Waals surface area contributed by atoms with E-state index in [0.717, 1.165) is 5.56 Å². The lowest BCUT2D eigenvalue weighted by atomic mass is 10.1. The summed E-state index contributed by atoms with van der Waals surface area (Å²) >= 11 is 0. The summed E-state index contributed by atoms with van der Waals surface area (Å²) in [4.78, 5) is 0. The summed E-state index contributed by atoms with van der Waals surface area (Å²) in [6.07, 6.45) is 1.32. The van der Waals surface area contributed by atoms with Crippen LogP contribution < -0.4 is 0 Å². The fourth-order valence-corrected chi connectivity index (χ4v) is 2.05. The Morgan fingerprint density at radius 1 is 1.25 bits per heavy atom. The van der Waals surface area contributed by atoms with Crippen molar-refractivity contribution < 1.29 is 12.3 Å². The maximum absolute atomic E-state index is 12.6. The fraction of sp³-hybridized carbons (Fsp3) is 0.100. The van der Waals surface area contributed by atoms with Crippen LogP contribution in [0.2, 0.25) is 0 Å². The average Bonchev–Trinajstić information content (AvgIpc) is 2.64. The van der Waals surface area contributed by atoms with Crippen LogP contribution in [0.5, 0.6) is 0 Å². The van der Waals surface area contributed by atoms with Crippen LogP contribution in [0.3, 0.4) is 0 Å². The molecule has 0 spiro atoms. The maximum Gasteiger partial charge on any atom is 0.306 e. The summed E-state index contributed by atoms with van der Waals surface area (Å²) in [5, 5.41) is 6.39. The quantitative estimate of drug-likeness (QED) is 0.833. The summed E-state index contributed by atoms with van der Waals surface area (Å²) < 4.78 is 33.7. The van der Waals surface area contributed by atoms with Gasteiger partial charge in [0.05, 0.1) is 11.9 Å². The highest BCUT2D eigenvalue weighted by molar-refractivity contribution is 7.85. The van der Waals surface area contributed by atoms with E-state index in [2.05, 4.69) is 10.2 Å². The predicted octanol–water partition coefficient (Wildman–Crippen LogP) is 1.88. The summed E-state index contributed by atoms with van der Waals surface area (Å²) in [5.74, 6) is -0.659. The van der Waals surface area contributed by atoms with Gasteiger partial charge < -0.3 is 0 Å². The Balaban J connectivity index is 2.41. The third-order valence-electron chi connectivity index (χ3n) is 2.11. The van der Waals surface area contributed by atoms with Crippen LogP contribution in [0.15, 0.2) is 36.5 Å². The highest BCUT2D eigenvalue weighted by atomic mass is 32.3. The summed E-state index contributed by atoms with van der Waals surface area (Å²) in [7, 11) is -4.54. The molecular formula is C10H9FN2O2S. The molecule has 16 heavy (non-hydrogen) atoms. The Bertz CT molecular complexity index is 578. The molecule has 2 aromatic rings. The van der Waals surface area contributed by atoms with E-state index in [1.165, 1.54) is 6.20 Å². The highest BCUT2D eigenvalue weighted by Crippen LogP contribution is 2.22. The van der Waals surface area contributed by atoms with Gasteiger partial charge >= 0.3 is 10.2 Å². The molecule has 0 bridgehead atoms. The third-order valence-corrected chi connectivity index (χ3v) is 2.76. The van der Waals surface area contributed by atoms with Gasteiger partial charge in [0.1, 0.15) is 5.75 Å². The first-order valence-electron chi connectivity index (χ1n) is 4.56. The minimum absolute atomic E-state index is 0.328. The largest absolute Gasteiger partial charge is 0.306 e. The van der Waals surface area contributed by atoms with E-state index < -0.39 is 16.0 Å². The molecule has 1 heterocycles. The first-order chi connectivity index (χ1) is 7.56. The molecule has 0 aliphatic heterocycles. The van der Waals surface area contributed by atoms with Gasteiger partial charge in [0, 0.05) is 5.56 Å². The molecule has 0 aliphatic rings. The van der Waals surface area contributed by atoms with E-state index in [0.29, 0.717) is 11.3 Å². The molecule has 0 aliphatic carbocycles. The molecule has 0 amide bonds. The molecule has 2 rings (SSSR count). The van der Waals surface area contributed by atoms with Gasteiger partial charge in [-0.3, -0.25) is 5.10 Å². The van der Waals surface area contributed by atoms with Gasteiger partial charge in [-0.15, -0.1) is 3.89 Å². The monoisotopic (exact) mass is 240 g/mol. The lowest BCUT2D eigenvalue weighted by molar-refractivity contribution is 0.551. The molecule has 1 N–H and O–H groups in total. The number of rotatable bonds is 3. The molecule has 0 fully saturated rings. The standard InChI is InChI=1S/C10H9FN2O2S/c11-16(14,15)7-9-6-12-13-10(9)8-4-2-1-3-5-8/h1-6H,7H2,(H,12,13). The zero-order valence-electron chi connectivity index (χ0n) is 8.22.